The van der Waals surface area contributed by atoms with Crippen LogP contribution in [0.15, 0.2) is 22.9 Å². The number of rotatable bonds is 2. The molecular weight excluding hydrogens is 254 g/mol. The molecule has 4 heteroatoms. The summed E-state index contributed by atoms with van der Waals surface area (Å²) in [4.78, 5) is 4.36. The van der Waals surface area contributed by atoms with Crippen molar-refractivity contribution in [3.05, 3.63) is 34.3 Å². The number of imidazole rings is 1. The van der Waals surface area contributed by atoms with E-state index in [1.807, 2.05) is 20.0 Å². The summed E-state index contributed by atoms with van der Waals surface area (Å²) >= 11 is 3.45. The van der Waals surface area contributed by atoms with Gasteiger partial charge in [-0.15, -0.1) is 0 Å². The first-order valence-corrected chi connectivity index (χ1v) is 5.76. The first-order chi connectivity index (χ1) is 7.08. The highest BCUT2D eigenvalue weighted by molar-refractivity contribution is 9.10. The zero-order valence-electron chi connectivity index (χ0n) is 8.87. The van der Waals surface area contributed by atoms with Crippen molar-refractivity contribution in [3.8, 4) is 0 Å². The van der Waals surface area contributed by atoms with Crippen molar-refractivity contribution in [1.82, 2.24) is 9.38 Å². The number of fused-ring (bicyclic) bond motifs is 1. The van der Waals surface area contributed by atoms with E-state index in [2.05, 4.69) is 37.4 Å². The van der Waals surface area contributed by atoms with E-state index in [4.69, 9.17) is 5.73 Å². The normalized spacial score (nSPS) is 13.3. The molecule has 2 N–H and O–H groups in total. The molecule has 0 saturated heterocycles. The molecule has 3 nitrogen and oxygen atoms in total. The molecule has 2 heterocycles. The van der Waals surface area contributed by atoms with E-state index in [1.165, 1.54) is 5.56 Å². The fraction of sp³-hybridized carbons (Fsp3) is 0.364. The van der Waals surface area contributed by atoms with Crippen LogP contribution >= 0.6 is 15.9 Å². The second kappa shape index (κ2) is 3.94. The van der Waals surface area contributed by atoms with Crippen LogP contribution in [-0.4, -0.2) is 15.4 Å². The van der Waals surface area contributed by atoms with Gasteiger partial charge in [-0.2, -0.15) is 0 Å². The molecule has 0 spiro atoms. The molecule has 0 aliphatic rings. The summed E-state index contributed by atoms with van der Waals surface area (Å²) in [7, 11) is 0. The molecule has 0 radical (unpaired) electrons. The van der Waals surface area contributed by atoms with Gasteiger partial charge >= 0.3 is 0 Å². The van der Waals surface area contributed by atoms with Crippen molar-refractivity contribution < 1.29 is 0 Å². The van der Waals surface area contributed by atoms with Crippen molar-refractivity contribution >= 4 is 21.4 Å². The van der Waals surface area contributed by atoms with E-state index in [9.17, 15) is 0 Å². The average molecular weight is 268 g/mol. The van der Waals surface area contributed by atoms with Crippen LogP contribution in [0.2, 0.25) is 0 Å². The molecule has 0 aliphatic heterocycles. The lowest BCUT2D eigenvalue weighted by Crippen LogP contribution is -2.17. The Morgan fingerprint density at radius 3 is 3.00 bits per heavy atom. The van der Waals surface area contributed by atoms with Gasteiger partial charge in [0.05, 0.1) is 5.52 Å². The Balaban J connectivity index is 2.50. The highest BCUT2D eigenvalue weighted by Gasteiger charge is 2.06. The molecule has 1 unspecified atom stereocenters. The van der Waals surface area contributed by atoms with E-state index in [0.717, 1.165) is 22.4 Å². The van der Waals surface area contributed by atoms with E-state index in [0.29, 0.717) is 0 Å². The minimum absolute atomic E-state index is 0.190. The summed E-state index contributed by atoms with van der Waals surface area (Å²) in [6.07, 6.45) is 2.94. The lowest BCUT2D eigenvalue weighted by molar-refractivity contribution is 0.737. The van der Waals surface area contributed by atoms with Gasteiger partial charge in [-0.3, -0.25) is 0 Å². The minimum Gasteiger partial charge on any atom is -0.328 e. The lowest BCUT2D eigenvalue weighted by Gasteiger charge is -2.05. The zero-order chi connectivity index (χ0) is 11.0. The predicted molar refractivity (Wildman–Crippen MR) is 65.0 cm³/mol. The van der Waals surface area contributed by atoms with Crippen LogP contribution in [0.25, 0.3) is 5.52 Å². The topological polar surface area (TPSA) is 43.3 Å². The molecule has 2 aromatic rings. The van der Waals surface area contributed by atoms with Crippen LogP contribution in [0.3, 0.4) is 0 Å². The van der Waals surface area contributed by atoms with E-state index in [1.54, 1.807) is 0 Å². The first kappa shape index (κ1) is 10.6. The second-order valence-corrected chi connectivity index (χ2v) is 4.67. The maximum Gasteiger partial charge on any atom is 0.132 e. The van der Waals surface area contributed by atoms with Crippen LogP contribution < -0.4 is 5.73 Å². The number of hydrogen-bond acceptors (Lipinski definition) is 2. The van der Waals surface area contributed by atoms with Gasteiger partial charge in [0.15, 0.2) is 0 Å². The predicted octanol–water partition coefficient (Wildman–Crippen LogP) is 2.29. The number of nitrogens with zero attached hydrogens (tertiary/aromatic N) is 2. The number of hydrogen-bond donors (Lipinski definition) is 1. The number of pyridine rings is 1. The van der Waals surface area contributed by atoms with Gasteiger partial charge in [0.2, 0.25) is 0 Å². The summed E-state index contributed by atoms with van der Waals surface area (Å²) in [5.74, 6) is 0.990. The van der Waals surface area contributed by atoms with E-state index < -0.39 is 0 Å². The number of halogens is 1. The molecule has 80 valence electrons. The lowest BCUT2D eigenvalue weighted by atomic mass is 10.1. The Hall–Kier alpha value is -0.870. The number of nitrogens with two attached hydrogens (primary N) is 1. The van der Waals surface area contributed by atoms with Gasteiger partial charge in [0, 0.05) is 12.2 Å². The molecule has 0 saturated carbocycles. The molecule has 15 heavy (non-hydrogen) atoms. The third kappa shape index (κ3) is 2.06. The standard InChI is InChI=1S/C11H14BrN3/c1-7(13)5-9-3-4-15-8(2)14-11(12)10(15)6-9/h3-4,6-7H,5,13H2,1-2H3. The number of aryl methyl sites for hydroxylation is 1. The quantitative estimate of drug-likeness (QED) is 0.908. The van der Waals surface area contributed by atoms with Crippen LogP contribution in [0.4, 0.5) is 0 Å². The second-order valence-electron chi connectivity index (χ2n) is 3.92. The third-order valence-electron chi connectivity index (χ3n) is 2.40. The Morgan fingerprint density at radius 2 is 2.33 bits per heavy atom. The minimum atomic E-state index is 0.190. The van der Waals surface area contributed by atoms with Gasteiger partial charge in [-0.05, 0) is 53.9 Å². The molecule has 0 bridgehead atoms. The highest BCUT2D eigenvalue weighted by atomic mass is 79.9. The van der Waals surface area contributed by atoms with E-state index >= 15 is 0 Å². The average Bonchev–Trinajstić information content (AvgIpc) is 2.41. The summed E-state index contributed by atoms with van der Waals surface area (Å²) in [6.45, 7) is 4.00. The third-order valence-corrected chi connectivity index (χ3v) is 2.98. The van der Waals surface area contributed by atoms with Crippen molar-refractivity contribution in [2.45, 2.75) is 26.3 Å². The summed E-state index contributed by atoms with van der Waals surface area (Å²) in [5, 5.41) is 0. The van der Waals surface area contributed by atoms with Gasteiger partial charge in [-0.1, -0.05) is 0 Å². The van der Waals surface area contributed by atoms with Gasteiger partial charge in [-0.25, -0.2) is 4.98 Å². The Kier molecular flexibility index (Phi) is 2.80. The van der Waals surface area contributed by atoms with Crippen molar-refractivity contribution in [1.29, 1.82) is 0 Å². The summed E-state index contributed by atoms with van der Waals surface area (Å²) in [6, 6.07) is 4.42. The molecule has 0 aliphatic carbocycles. The Bertz CT molecular complexity index is 488. The number of aromatic nitrogens is 2. The van der Waals surface area contributed by atoms with Gasteiger partial charge < -0.3 is 10.1 Å². The summed E-state index contributed by atoms with van der Waals surface area (Å²) < 4.78 is 2.96. The Labute approximate surface area is 97.4 Å². The fourth-order valence-electron chi connectivity index (χ4n) is 1.74. The van der Waals surface area contributed by atoms with Crippen molar-refractivity contribution in [2.75, 3.05) is 0 Å². The molecular formula is C11H14BrN3. The summed E-state index contributed by atoms with van der Waals surface area (Å²) in [5.41, 5.74) is 8.13. The monoisotopic (exact) mass is 267 g/mol. The largest absolute Gasteiger partial charge is 0.328 e. The van der Waals surface area contributed by atoms with Crippen molar-refractivity contribution in [3.63, 3.8) is 0 Å². The molecule has 0 aromatic carbocycles. The molecule has 2 rings (SSSR count). The van der Waals surface area contributed by atoms with E-state index in [-0.39, 0.29) is 6.04 Å². The van der Waals surface area contributed by atoms with Gasteiger partial charge in [0.1, 0.15) is 10.4 Å². The molecule has 0 amide bonds. The Morgan fingerprint density at radius 1 is 1.60 bits per heavy atom. The highest BCUT2D eigenvalue weighted by Crippen LogP contribution is 2.20. The SMILES string of the molecule is Cc1nc(Br)c2cc(CC(C)N)ccn12. The zero-order valence-corrected chi connectivity index (χ0v) is 10.5. The first-order valence-electron chi connectivity index (χ1n) is 4.96. The maximum atomic E-state index is 5.78. The van der Waals surface area contributed by atoms with Crippen LogP contribution in [0.1, 0.15) is 18.3 Å². The fourth-order valence-corrected chi connectivity index (χ4v) is 2.30. The van der Waals surface area contributed by atoms with Crippen molar-refractivity contribution in [2.24, 2.45) is 5.73 Å². The molecule has 0 fully saturated rings. The molecule has 2 aromatic heterocycles. The smallest absolute Gasteiger partial charge is 0.132 e. The maximum absolute atomic E-state index is 5.78. The van der Waals surface area contributed by atoms with Crippen LogP contribution in [0, 0.1) is 6.92 Å². The van der Waals surface area contributed by atoms with Gasteiger partial charge in [0.25, 0.3) is 0 Å². The molecule has 1 atom stereocenters. The van der Waals surface area contributed by atoms with Crippen LogP contribution in [0.5, 0.6) is 0 Å². The van der Waals surface area contributed by atoms with Crippen LogP contribution in [-0.2, 0) is 6.42 Å².